The standard InChI is InChI=1S/C8H4Cl4/c9-6-2-1-3-7(10)5(6)4-8(11)12/h1-4H. The van der Waals surface area contributed by atoms with E-state index in [1.165, 1.54) is 6.08 Å². The largest absolute Gasteiger partial charge is 0.107 e. The molecule has 0 saturated heterocycles. The van der Waals surface area contributed by atoms with E-state index in [9.17, 15) is 0 Å². The van der Waals surface area contributed by atoms with Gasteiger partial charge in [-0.05, 0) is 18.2 Å². The number of halogens is 4. The minimum absolute atomic E-state index is 0.130. The van der Waals surface area contributed by atoms with E-state index in [1.807, 2.05) is 0 Å². The van der Waals surface area contributed by atoms with Crippen molar-refractivity contribution in [1.82, 2.24) is 0 Å². The summed E-state index contributed by atoms with van der Waals surface area (Å²) in [5.74, 6) is 0. The lowest BCUT2D eigenvalue weighted by Gasteiger charge is -1.99. The normalized spacial score (nSPS) is 9.67. The van der Waals surface area contributed by atoms with Crippen molar-refractivity contribution in [2.75, 3.05) is 0 Å². The van der Waals surface area contributed by atoms with Gasteiger partial charge in [-0.2, -0.15) is 0 Å². The van der Waals surface area contributed by atoms with Crippen molar-refractivity contribution in [2.24, 2.45) is 0 Å². The Hall–Kier alpha value is 0.120. The molecule has 12 heavy (non-hydrogen) atoms. The van der Waals surface area contributed by atoms with Gasteiger partial charge in [-0.25, -0.2) is 0 Å². The van der Waals surface area contributed by atoms with E-state index in [4.69, 9.17) is 46.4 Å². The minimum Gasteiger partial charge on any atom is -0.0836 e. The predicted molar refractivity (Wildman–Crippen MR) is 56.1 cm³/mol. The molecule has 0 N–H and O–H groups in total. The molecule has 0 aromatic heterocycles. The zero-order valence-electron chi connectivity index (χ0n) is 5.82. The molecule has 4 heteroatoms. The molecule has 0 fully saturated rings. The summed E-state index contributed by atoms with van der Waals surface area (Å²) in [5.41, 5.74) is 0.640. The molecule has 0 heterocycles. The zero-order valence-corrected chi connectivity index (χ0v) is 8.84. The van der Waals surface area contributed by atoms with Gasteiger partial charge in [0.2, 0.25) is 0 Å². The SMILES string of the molecule is ClC(Cl)=Cc1c(Cl)cccc1Cl. The first-order valence-corrected chi connectivity index (χ1v) is 4.59. The summed E-state index contributed by atoms with van der Waals surface area (Å²) in [6.07, 6.45) is 1.51. The highest BCUT2D eigenvalue weighted by Gasteiger charge is 2.01. The number of hydrogen-bond donors (Lipinski definition) is 0. The van der Waals surface area contributed by atoms with Gasteiger partial charge in [0.05, 0.1) is 0 Å². The van der Waals surface area contributed by atoms with Gasteiger partial charge >= 0.3 is 0 Å². The van der Waals surface area contributed by atoms with Crippen molar-refractivity contribution >= 4 is 52.5 Å². The third-order valence-corrected chi connectivity index (χ3v) is 2.13. The molecule has 0 spiro atoms. The van der Waals surface area contributed by atoms with E-state index in [2.05, 4.69) is 0 Å². The van der Waals surface area contributed by atoms with E-state index < -0.39 is 0 Å². The van der Waals surface area contributed by atoms with Gasteiger partial charge in [-0.1, -0.05) is 52.5 Å². The lowest BCUT2D eigenvalue weighted by Crippen LogP contribution is -1.76. The lowest BCUT2D eigenvalue weighted by atomic mass is 10.2. The monoisotopic (exact) mass is 240 g/mol. The van der Waals surface area contributed by atoms with Gasteiger partial charge in [-0.3, -0.25) is 0 Å². The minimum atomic E-state index is 0.130. The van der Waals surface area contributed by atoms with E-state index in [1.54, 1.807) is 18.2 Å². The third kappa shape index (κ3) is 2.56. The molecule has 0 radical (unpaired) electrons. The highest BCUT2D eigenvalue weighted by atomic mass is 35.5. The maximum Gasteiger partial charge on any atom is 0.107 e. The summed E-state index contributed by atoms with van der Waals surface area (Å²) in [4.78, 5) is 0. The second-order valence-electron chi connectivity index (χ2n) is 2.07. The fourth-order valence-electron chi connectivity index (χ4n) is 0.758. The molecular weight excluding hydrogens is 238 g/mol. The summed E-state index contributed by atoms with van der Waals surface area (Å²) in [5, 5.41) is 1.06. The molecule has 1 aromatic carbocycles. The zero-order chi connectivity index (χ0) is 9.14. The van der Waals surface area contributed by atoms with Crippen LogP contribution in [0.3, 0.4) is 0 Å². The molecule has 0 aliphatic carbocycles. The van der Waals surface area contributed by atoms with Gasteiger partial charge < -0.3 is 0 Å². The molecule has 0 amide bonds. The Morgan fingerprint density at radius 2 is 1.58 bits per heavy atom. The molecule has 0 saturated carbocycles. The molecule has 0 bridgehead atoms. The number of rotatable bonds is 1. The molecule has 0 aliphatic heterocycles. The van der Waals surface area contributed by atoms with Crippen LogP contribution in [0, 0.1) is 0 Å². The van der Waals surface area contributed by atoms with Crippen LogP contribution < -0.4 is 0 Å². The van der Waals surface area contributed by atoms with Gasteiger partial charge in [0, 0.05) is 15.6 Å². The smallest absolute Gasteiger partial charge is 0.0836 e. The third-order valence-electron chi connectivity index (χ3n) is 1.25. The molecule has 0 aliphatic rings. The van der Waals surface area contributed by atoms with Crippen molar-refractivity contribution in [2.45, 2.75) is 0 Å². The second kappa shape index (κ2) is 4.38. The lowest BCUT2D eigenvalue weighted by molar-refractivity contribution is 1.65. The van der Waals surface area contributed by atoms with Crippen molar-refractivity contribution in [3.8, 4) is 0 Å². The average Bonchev–Trinajstić information content (AvgIpc) is 1.97. The van der Waals surface area contributed by atoms with E-state index in [0.29, 0.717) is 15.6 Å². The Kier molecular flexibility index (Phi) is 3.73. The first kappa shape index (κ1) is 10.2. The highest BCUT2D eigenvalue weighted by Crippen LogP contribution is 2.27. The molecule has 0 atom stereocenters. The van der Waals surface area contributed by atoms with E-state index in [0.717, 1.165) is 0 Å². The summed E-state index contributed by atoms with van der Waals surface area (Å²) in [6.45, 7) is 0. The van der Waals surface area contributed by atoms with Crippen molar-refractivity contribution in [3.63, 3.8) is 0 Å². The number of hydrogen-bond acceptors (Lipinski definition) is 0. The second-order valence-corrected chi connectivity index (χ2v) is 3.89. The van der Waals surface area contributed by atoms with Crippen LogP contribution >= 0.6 is 46.4 Å². The van der Waals surface area contributed by atoms with Gasteiger partial charge in [0.25, 0.3) is 0 Å². The number of benzene rings is 1. The first-order valence-electron chi connectivity index (χ1n) is 3.08. The first-order chi connectivity index (χ1) is 5.61. The fraction of sp³-hybridized carbons (Fsp3) is 0. The maximum absolute atomic E-state index is 5.83. The summed E-state index contributed by atoms with van der Waals surface area (Å²) in [6, 6.07) is 5.19. The van der Waals surface area contributed by atoms with Crippen LogP contribution in [0.5, 0.6) is 0 Å². The van der Waals surface area contributed by atoms with E-state index >= 15 is 0 Å². The van der Waals surface area contributed by atoms with Gasteiger partial charge in [0.15, 0.2) is 0 Å². The van der Waals surface area contributed by atoms with Crippen LogP contribution in [0.4, 0.5) is 0 Å². The fourth-order valence-corrected chi connectivity index (χ4v) is 1.48. The molecule has 0 unspecified atom stereocenters. The quantitative estimate of drug-likeness (QED) is 0.665. The molecular formula is C8H4Cl4. The van der Waals surface area contributed by atoms with Crippen LogP contribution in [-0.4, -0.2) is 0 Å². The Morgan fingerprint density at radius 1 is 1.08 bits per heavy atom. The van der Waals surface area contributed by atoms with Crippen molar-refractivity contribution in [1.29, 1.82) is 0 Å². The molecule has 1 rings (SSSR count). The van der Waals surface area contributed by atoms with Crippen LogP contribution in [0.15, 0.2) is 22.7 Å². The van der Waals surface area contributed by atoms with Gasteiger partial charge in [-0.15, -0.1) is 0 Å². The molecule has 1 aromatic rings. The topological polar surface area (TPSA) is 0 Å². The maximum atomic E-state index is 5.83. The Morgan fingerprint density at radius 3 is 2.00 bits per heavy atom. The Balaban J connectivity index is 3.22. The predicted octanol–water partition coefficient (Wildman–Crippen LogP) is 4.77. The Labute approximate surface area is 90.7 Å². The summed E-state index contributed by atoms with van der Waals surface area (Å²) >= 11 is 22.6. The van der Waals surface area contributed by atoms with Gasteiger partial charge in [0.1, 0.15) is 4.49 Å². The van der Waals surface area contributed by atoms with Crippen LogP contribution in [0.25, 0.3) is 6.08 Å². The highest BCUT2D eigenvalue weighted by molar-refractivity contribution is 6.58. The molecule has 64 valence electrons. The molecule has 0 nitrogen and oxygen atoms in total. The van der Waals surface area contributed by atoms with Crippen LogP contribution in [0.2, 0.25) is 10.0 Å². The average molecular weight is 242 g/mol. The van der Waals surface area contributed by atoms with E-state index in [-0.39, 0.29) is 4.49 Å². The van der Waals surface area contributed by atoms with Crippen LogP contribution in [0.1, 0.15) is 5.56 Å². The summed E-state index contributed by atoms with van der Waals surface area (Å²) in [7, 11) is 0. The summed E-state index contributed by atoms with van der Waals surface area (Å²) < 4.78 is 0.130. The Bertz CT molecular complexity index is 293. The van der Waals surface area contributed by atoms with Crippen molar-refractivity contribution in [3.05, 3.63) is 38.3 Å². The van der Waals surface area contributed by atoms with Crippen LogP contribution in [-0.2, 0) is 0 Å². The van der Waals surface area contributed by atoms with Crippen molar-refractivity contribution < 1.29 is 0 Å².